The molecule has 0 aromatic heterocycles. The Morgan fingerprint density at radius 1 is 1.40 bits per heavy atom. The molecule has 0 spiro atoms. The van der Waals surface area contributed by atoms with Crippen LogP contribution in [0.1, 0.15) is 19.8 Å². The summed E-state index contributed by atoms with van der Waals surface area (Å²) in [6.45, 7) is 2.61. The van der Waals surface area contributed by atoms with Crippen LogP contribution in [-0.4, -0.2) is 12.6 Å². The van der Waals surface area contributed by atoms with E-state index >= 15 is 0 Å². The molecule has 10 heavy (non-hydrogen) atoms. The van der Waals surface area contributed by atoms with Crippen molar-refractivity contribution in [2.45, 2.75) is 25.8 Å². The molecule has 0 aliphatic heterocycles. The minimum atomic E-state index is 0.207. The monoisotopic (exact) mass is 137 g/mol. The number of nitrogens with zero attached hydrogens (tertiary/aromatic N) is 2. The molecule has 0 rings (SSSR count). The second-order valence-corrected chi connectivity index (χ2v) is 2.13. The van der Waals surface area contributed by atoms with Gasteiger partial charge in [-0.25, -0.2) is 0 Å². The van der Waals surface area contributed by atoms with Crippen molar-refractivity contribution in [2.75, 3.05) is 6.54 Å². The first kappa shape index (κ1) is 8.94. The minimum Gasteiger partial charge on any atom is -0.312 e. The average Bonchev–Trinajstić information content (AvgIpc) is 1.89. The highest BCUT2D eigenvalue weighted by Gasteiger charge is 1.96. The van der Waals surface area contributed by atoms with Crippen LogP contribution in [-0.2, 0) is 0 Å². The maximum atomic E-state index is 8.24. The third-order valence-corrected chi connectivity index (χ3v) is 1.13. The Kier molecular flexibility index (Phi) is 5.42. The summed E-state index contributed by atoms with van der Waals surface area (Å²) in [5, 5.41) is 19.4. The predicted molar refractivity (Wildman–Crippen MR) is 37.9 cm³/mol. The molecule has 0 aliphatic carbocycles. The molecule has 0 radical (unpaired) electrons. The molecule has 3 heteroatoms. The van der Waals surface area contributed by atoms with Crippen LogP contribution in [0.2, 0.25) is 0 Å². The van der Waals surface area contributed by atoms with E-state index in [-0.39, 0.29) is 6.04 Å². The van der Waals surface area contributed by atoms with Crippen LogP contribution in [0.15, 0.2) is 0 Å². The van der Waals surface area contributed by atoms with Crippen LogP contribution in [0.4, 0.5) is 0 Å². The first-order valence-corrected chi connectivity index (χ1v) is 3.28. The van der Waals surface area contributed by atoms with Gasteiger partial charge in [0.2, 0.25) is 0 Å². The van der Waals surface area contributed by atoms with E-state index in [4.69, 9.17) is 10.5 Å². The van der Waals surface area contributed by atoms with Crippen molar-refractivity contribution in [3.05, 3.63) is 0 Å². The minimum absolute atomic E-state index is 0.207. The van der Waals surface area contributed by atoms with Gasteiger partial charge in [0.05, 0.1) is 18.6 Å². The lowest BCUT2D eigenvalue weighted by Crippen LogP contribution is -2.26. The highest BCUT2D eigenvalue weighted by molar-refractivity contribution is 4.79. The van der Waals surface area contributed by atoms with Crippen molar-refractivity contribution in [1.82, 2.24) is 5.32 Å². The molecule has 0 heterocycles. The average molecular weight is 137 g/mol. The first-order valence-electron chi connectivity index (χ1n) is 3.28. The zero-order chi connectivity index (χ0) is 7.82. The molecule has 0 bridgehead atoms. The third-order valence-electron chi connectivity index (χ3n) is 1.13. The predicted octanol–water partition coefficient (Wildman–Crippen LogP) is 0.792. The van der Waals surface area contributed by atoms with Crippen LogP contribution in [0.3, 0.4) is 0 Å². The Hall–Kier alpha value is -1.06. The second-order valence-electron chi connectivity index (χ2n) is 2.13. The van der Waals surface area contributed by atoms with E-state index in [9.17, 15) is 0 Å². The van der Waals surface area contributed by atoms with Crippen LogP contribution >= 0.6 is 0 Å². The van der Waals surface area contributed by atoms with E-state index in [1.807, 2.05) is 19.1 Å². The molecule has 1 atom stereocenters. The molecule has 1 N–H and O–H groups in total. The highest BCUT2D eigenvalue weighted by Crippen LogP contribution is 1.86. The molecule has 0 aromatic carbocycles. The van der Waals surface area contributed by atoms with Gasteiger partial charge < -0.3 is 5.32 Å². The van der Waals surface area contributed by atoms with E-state index in [1.165, 1.54) is 0 Å². The third kappa shape index (κ3) is 5.08. The van der Waals surface area contributed by atoms with Gasteiger partial charge in [0.15, 0.2) is 0 Å². The van der Waals surface area contributed by atoms with Crippen molar-refractivity contribution in [3.63, 3.8) is 0 Å². The SMILES string of the molecule is CC(CC#N)NCCC#N. The summed E-state index contributed by atoms with van der Waals surface area (Å²) in [5.74, 6) is 0. The Morgan fingerprint density at radius 3 is 2.60 bits per heavy atom. The van der Waals surface area contributed by atoms with Gasteiger partial charge in [-0.15, -0.1) is 0 Å². The highest BCUT2D eigenvalue weighted by atomic mass is 14.9. The fourth-order valence-corrected chi connectivity index (χ4v) is 0.584. The maximum Gasteiger partial charge on any atom is 0.0638 e. The van der Waals surface area contributed by atoms with Gasteiger partial charge in [-0.1, -0.05) is 0 Å². The molecule has 0 saturated heterocycles. The summed E-state index contributed by atoms with van der Waals surface area (Å²) in [6.07, 6.45) is 1.02. The molecule has 0 aromatic rings. The lowest BCUT2D eigenvalue weighted by Gasteiger charge is -2.06. The summed E-state index contributed by atoms with van der Waals surface area (Å²) in [5.41, 5.74) is 0. The molecular formula is C7H11N3. The summed E-state index contributed by atoms with van der Waals surface area (Å²) in [7, 11) is 0. The summed E-state index contributed by atoms with van der Waals surface area (Å²) in [6, 6.07) is 4.28. The number of hydrogen-bond acceptors (Lipinski definition) is 3. The molecule has 3 nitrogen and oxygen atoms in total. The Morgan fingerprint density at radius 2 is 2.10 bits per heavy atom. The molecule has 0 saturated carbocycles. The Labute approximate surface area is 61.3 Å². The van der Waals surface area contributed by atoms with Gasteiger partial charge in [0.25, 0.3) is 0 Å². The van der Waals surface area contributed by atoms with Crippen molar-refractivity contribution < 1.29 is 0 Å². The van der Waals surface area contributed by atoms with Crippen molar-refractivity contribution in [2.24, 2.45) is 0 Å². The summed E-state index contributed by atoms with van der Waals surface area (Å²) < 4.78 is 0. The maximum absolute atomic E-state index is 8.24. The summed E-state index contributed by atoms with van der Waals surface area (Å²) in [4.78, 5) is 0. The van der Waals surface area contributed by atoms with Crippen molar-refractivity contribution in [3.8, 4) is 12.1 Å². The molecule has 1 unspecified atom stereocenters. The van der Waals surface area contributed by atoms with E-state index < -0.39 is 0 Å². The zero-order valence-corrected chi connectivity index (χ0v) is 6.09. The lowest BCUT2D eigenvalue weighted by molar-refractivity contribution is 0.565. The van der Waals surface area contributed by atoms with Gasteiger partial charge in [-0.3, -0.25) is 0 Å². The van der Waals surface area contributed by atoms with Gasteiger partial charge in [-0.2, -0.15) is 10.5 Å². The summed E-state index contributed by atoms with van der Waals surface area (Å²) >= 11 is 0. The first-order chi connectivity index (χ1) is 4.81. The van der Waals surface area contributed by atoms with E-state index in [2.05, 4.69) is 5.32 Å². The van der Waals surface area contributed by atoms with Gasteiger partial charge in [0, 0.05) is 19.0 Å². The van der Waals surface area contributed by atoms with Gasteiger partial charge in [0.1, 0.15) is 0 Å². The molecule has 0 aliphatic rings. The number of nitrogens with one attached hydrogen (secondary N) is 1. The second kappa shape index (κ2) is 6.07. The van der Waals surface area contributed by atoms with Crippen LogP contribution in [0.25, 0.3) is 0 Å². The smallest absolute Gasteiger partial charge is 0.0638 e. The van der Waals surface area contributed by atoms with E-state index in [1.54, 1.807) is 0 Å². The van der Waals surface area contributed by atoms with Crippen molar-refractivity contribution in [1.29, 1.82) is 10.5 Å². The number of hydrogen-bond donors (Lipinski definition) is 1. The molecular weight excluding hydrogens is 126 g/mol. The fourth-order valence-electron chi connectivity index (χ4n) is 0.584. The molecule has 0 amide bonds. The Balaban J connectivity index is 3.16. The molecule has 54 valence electrons. The van der Waals surface area contributed by atoms with E-state index in [0.717, 1.165) is 0 Å². The standard InChI is InChI=1S/C7H11N3/c1-7(3-5-9)10-6-2-4-8/h7,10H,2-3,6H2,1H3. The van der Waals surface area contributed by atoms with Gasteiger partial charge >= 0.3 is 0 Å². The zero-order valence-electron chi connectivity index (χ0n) is 6.09. The van der Waals surface area contributed by atoms with Crippen LogP contribution < -0.4 is 5.32 Å². The Bertz CT molecular complexity index is 151. The molecule has 0 fully saturated rings. The number of nitriles is 2. The van der Waals surface area contributed by atoms with E-state index in [0.29, 0.717) is 19.4 Å². The quantitative estimate of drug-likeness (QED) is 0.583. The number of rotatable bonds is 4. The van der Waals surface area contributed by atoms with Crippen LogP contribution in [0.5, 0.6) is 0 Å². The topological polar surface area (TPSA) is 59.6 Å². The van der Waals surface area contributed by atoms with Crippen molar-refractivity contribution >= 4 is 0 Å². The fraction of sp³-hybridized carbons (Fsp3) is 0.714. The van der Waals surface area contributed by atoms with Gasteiger partial charge in [-0.05, 0) is 6.92 Å². The lowest BCUT2D eigenvalue weighted by atomic mass is 10.2. The normalized spacial score (nSPS) is 11.5. The largest absolute Gasteiger partial charge is 0.312 e. The van der Waals surface area contributed by atoms with Crippen LogP contribution in [0, 0.1) is 22.7 Å².